The fourth-order valence-electron chi connectivity index (χ4n) is 2.64. The first-order valence-corrected chi connectivity index (χ1v) is 8.65. The van der Waals surface area contributed by atoms with Crippen molar-refractivity contribution in [3.63, 3.8) is 0 Å². The molecule has 0 bridgehead atoms. The number of benzene rings is 1. The lowest BCUT2D eigenvalue weighted by atomic mass is 9.98. The molecule has 0 saturated heterocycles. The van der Waals surface area contributed by atoms with Crippen LogP contribution in [0.25, 0.3) is 0 Å². The van der Waals surface area contributed by atoms with E-state index in [2.05, 4.69) is 25.7 Å². The third kappa shape index (κ3) is 5.19. The van der Waals surface area contributed by atoms with Crippen LogP contribution in [0.1, 0.15) is 63.1 Å². The van der Waals surface area contributed by atoms with E-state index in [0.717, 1.165) is 54.2 Å². The Morgan fingerprint density at radius 3 is 2.33 bits per heavy atom. The number of nitrogens with zero attached hydrogens (tertiary/aromatic N) is 1. The van der Waals surface area contributed by atoms with Crippen molar-refractivity contribution in [2.75, 3.05) is 13.1 Å². The van der Waals surface area contributed by atoms with Crippen LogP contribution in [0.2, 0.25) is 5.02 Å². The van der Waals surface area contributed by atoms with Crippen LogP contribution in [0, 0.1) is 6.92 Å². The van der Waals surface area contributed by atoms with Gasteiger partial charge in [0.05, 0.1) is 0 Å². The number of phenols is 1. The van der Waals surface area contributed by atoms with Gasteiger partial charge in [0.2, 0.25) is 0 Å². The molecule has 1 aromatic rings. The third-order valence-electron chi connectivity index (χ3n) is 4.28. The largest absolute Gasteiger partial charge is 0.507 e. The monoisotopic (exact) mass is 311 g/mol. The molecular weight excluding hydrogens is 282 g/mol. The van der Waals surface area contributed by atoms with Crippen molar-refractivity contribution in [2.45, 2.75) is 66.3 Å². The number of aromatic hydroxyl groups is 1. The van der Waals surface area contributed by atoms with E-state index in [4.69, 9.17) is 11.6 Å². The normalized spacial score (nSPS) is 11.3. The molecular formula is C18H30ClNO. The minimum absolute atomic E-state index is 0.459. The fraction of sp³-hybridized carbons (Fsp3) is 0.667. The van der Waals surface area contributed by atoms with E-state index in [1.165, 1.54) is 19.3 Å². The Kier molecular flexibility index (Phi) is 8.13. The maximum Gasteiger partial charge on any atom is 0.123 e. The van der Waals surface area contributed by atoms with Crippen LogP contribution in [0.5, 0.6) is 5.75 Å². The number of halogens is 1. The Morgan fingerprint density at radius 2 is 1.76 bits per heavy atom. The highest BCUT2D eigenvalue weighted by Crippen LogP contribution is 2.33. The van der Waals surface area contributed by atoms with Crippen LogP contribution < -0.4 is 0 Å². The van der Waals surface area contributed by atoms with Gasteiger partial charge in [-0.3, -0.25) is 4.90 Å². The SMILES string of the molecule is CCCCCCc1cc(Cl)c(C)c(CN(CC)CC)c1O. The highest BCUT2D eigenvalue weighted by Gasteiger charge is 2.15. The van der Waals surface area contributed by atoms with Gasteiger partial charge in [0.25, 0.3) is 0 Å². The summed E-state index contributed by atoms with van der Waals surface area (Å²) in [6, 6.07) is 1.95. The Morgan fingerprint density at radius 1 is 1.10 bits per heavy atom. The zero-order valence-electron chi connectivity index (χ0n) is 14.0. The zero-order chi connectivity index (χ0) is 15.8. The average molecular weight is 312 g/mol. The van der Waals surface area contributed by atoms with Gasteiger partial charge >= 0.3 is 0 Å². The molecule has 1 aromatic carbocycles. The summed E-state index contributed by atoms with van der Waals surface area (Å²) in [5, 5.41) is 11.4. The predicted octanol–water partition coefficient (Wildman–Crippen LogP) is 5.32. The molecule has 3 heteroatoms. The van der Waals surface area contributed by atoms with Crippen molar-refractivity contribution >= 4 is 11.6 Å². The van der Waals surface area contributed by atoms with E-state index in [1.807, 2.05) is 13.0 Å². The summed E-state index contributed by atoms with van der Waals surface area (Å²) in [6.07, 6.45) is 5.73. The first kappa shape index (κ1) is 18.3. The Balaban J connectivity index is 2.93. The molecule has 0 unspecified atom stereocenters. The first-order chi connectivity index (χ1) is 10.0. The van der Waals surface area contributed by atoms with E-state index >= 15 is 0 Å². The molecule has 0 atom stereocenters. The molecule has 2 nitrogen and oxygen atoms in total. The van der Waals surface area contributed by atoms with E-state index in [-0.39, 0.29) is 0 Å². The van der Waals surface area contributed by atoms with Crippen LogP contribution in [-0.4, -0.2) is 23.1 Å². The van der Waals surface area contributed by atoms with Crippen molar-refractivity contribution in [1.29, 1.82) is 0 Å². The molecule has 0 spiro atoms. The molecule has 120 valence electrons. The third-order valence-corrected chi connectivity index (χ3v) is 4.67. The lowest BCUT2D eigenvalue weighted by molar-refractivity contribution is 0.289. The molecule has 0 heterocycles. The van der Waals surface area contributed by atoms with Crippen molar-refractivity contribution in [2.24, 2.45) is 0 Å². The summed E-state index contributed by atoms with van der Waals surface area (Å²) < 4.78 is 0. The van der Waals surface area contributed by atoms with Gasteiger partial charge < -0.3 is 5.11 Å². The number of rotatable bonds is 9. The topological polar surface area (TPSA) is 23.5 Å². The maximum atomic E-state index is 10.6. The molecule has 1 rings (SSSR count). The average Bonchev–Trinajstić information content (AvgIpc) is 2.49. The maximum absolute atomic E-state index is 10.6. The lowest BCUT2D eigenvalue weighted by Crippen LogP contribution is -2.23. The lowest BCUT2D eigenvalue weighted by Gasteiger charge is -2.22. The first-order valence-electron chi connectivity index (χ1n) is 8.27. The van der Waals surface area contributed by atoms with Gasteiger partial charge in [-0.15, -0.1) is 0 Å². The molecule has 0 aliphatic rings. The summed E-state index contributed by atoms with van der Waals surface area (Å²) >= 11 is 6.37. The molecule has 0 saturated carbocycles. The quantitative estimate of drug-likeness (QED) is 0.624. The summed E-state index contributed by atoms with van der Waals surface area (Å²) in [5.74, 6) is 0.459. The number of hydrogen-bond acceptors (Lipinski definition) is 2. The second kappa shape index (κ2) is 9.32. The van der Waals surface area contributed by atoms with Crippen LogP contribution in [-0.2, 0) is 13.0 Å². The second-order valence-electron chi connectivity index (χ2n) is 5.74. The minimum atomic E-state index is 0.459. The van der Waals surface area contributed by atoms with Crippen molar-refractivity contribution < 1.29 is 5.11 Å². The molecule has 21 heavy (non-hydrogen) atoms. The molecule has 0 aromatic heterocycles. The van der Waals surface area contributed by atoms with Gasteiger partial charge in [-0.25, -0.2) is 0 Å². The van der Waals surface area contributed by atoms with Gasteiger partial charge in [0.1, 0.15) is 5.75 Å². The molecule has 0 aliphatic heterocycles. The van der Waals surface area contributed by atoms with E-state index in [9.17, 15) is 5.11 Å². The van der Waals surface area contributed by atoms with Crippen LogP contribution >= 0.6 is 11.6 Å². The molecule has 1 N–H and O–H groups in total. The molecule has 0 aliphatic carbocycles. The molecule has 0 fully saturated rings. The van der Waals surface area contributed by atoms with Crippen molar-refractivity contribution in [1.82, 2.24) is 4.90 Å². The minimum Gasteiger partial charge on any atom is -0.507 e. The number of phenolic OH excluding ortho intramolecular Hbond substituents is 1. The standard InChI is InChI=1S/C18H30ClNO/c1-5-8-9-10-11-15-12-17(19)14(4)16(18(15)21)13-20(6-2)7-3/h12,21H,5-11,13H2,1-4H3. The summed E-state index contributed by atoms with van der Waals surface area (Å²) in [4.78, 5) is 2.30. The van der Waals surface area contributed by atoms with Crippen molar-refractivity contribution in [3.05, 3.63) is 27.8 Å². The Hall–Kier alpha value is -0.730. The summed E-state index contributed by atoms with van der Waals surface area (Å²) in [6.45, 7) is 11.2. The van der Waals surface area contributed by atoms with E-state index in [0.29, 0.717) is 5.75 Å². The highest BCUT2D eigenvalue weighted by atomic mass is 35.5. The smallest absolute Gasteiger partial charge is 0.123 e. The number of aryl methyl sites for hydroxylation is 1. The number of unbranched alkanes of at least 4 members (excludes halogenated alkanes) is 3. The predicted molar refractivity (Wildman–Crippen MR) is 92.3 cm³/mol. The van der Waals surface area contributed by atoms with Gasteiger partial charge in [-0.2, -0.15) is 0 Å². The van der Waals surface area contributed by atoms with Gasteiger partial charge in [0.15, 0.2) is 0 Å². The summed E-state index contributed by atoms with van der Waals surface area (Å²) in [5.41, 5.74) is 3.01. The van der Waals surface area contributed by atoms with Gasteiger partial charge in [-0.1, -0.05) is 51.6 Å². The molecule has 0 amide bonds. The van der Waals surface area contributed by atoms with Crippen LogP contribution in [0.3, 0.4) is 0 Å². The number of hydrogen-bond donors (Lipinski definition) is 1. The van der Waals surface area contributed by atoms with Gasteiger partial charge in [-0.05, 0) is 50.0 Å². The van der Waals surface area contributed by atoms with Crippen molar-refractivity contribution in [3.8, 4) is 5.75 Å². The van der Waals surface area contributed by atoms with Crippen LogP contribution in [0.15, 0.2) is 6.07 Å². The van der Waals surface area contributed by atoms with Crippen LogP contribution in [0.4, 0.5) is 0 Å². The van der Waals surface area contributed by atoms with E-state index in [1.54, 1.807) is 0 Å². The zero-order valence-corrected chi connectivity index (χ0v) is 14.8. The van der Waals surface area contributed by atoms with Gasteiger partial charge in [0, 0.05) is 17.1 Å². The Bertz CT molecular complexity index is 441. The highest BCUT2D eigenvalue weighted by molar-refractivity contribution is 6.31. The second-order valence-corrected chi connectivity index (χ2v) is 6.15. The fourth-order valence-corrected chi connectivity index (χ4v) is 2.89. The van der Waals surface area contributed by atoms with E-state index < -0.39 is 0 Å². The Labute approximate surface area is 135 Å². The summed E-state index contributed by atoms with van der Waals surface area (Å²) in [7, 11) is 0. The molecule has 0 radical (unpaired) electrons.